The lowest BCUT2D eigenvalue weighted by Crippen LogP contribution is -2.02. The van der Waals surface area contributed by atoms with Gasteiger partial charge < -0.3 is 0 Å². The Hall–Kier alpha value is -3.38. The first kappa shape index (κ1) is 16.4. The van der Waals surface area contributed by atoms with E-state index in [1.807, 2.05) is 0 Å². The molecule has 0 spiro atoms. The van der Waals surface area contributed by atoms with E-state index in [0.29, 0.717) is 0 Å². The van der Waals surface area contributed by atoms with Gasteiger partial charge in [-0.3, -0.25) is 0 Å². The van der Waals surface area contributed by atoms with E-state index in [2.05, 4.69) is 84.9 Å². The molecule has 0 saturated carbocycles. The Balaban J connectivity index is 1.51. The van der Waals surface area contributed by atoms with E-state index in [-0.39, 0.29) is 0 Å². The Morgan fingerprint density at radius 2 is 0.633 bits per heavy atom. The molecule has 142 valence electrons. The Labute approximate surface area is 175 Å². The maximum absolute atomic E-state index is 2.44. The Kier molecular flexibility index (Phi) is 3.32. The largest absolute Gasteiger partial charge is 0.0616 e. The molecule has 0 nitrogen and oxygen atoms in total. The van der Waals surface area contributed by atoms with Crippen LogP contribution in [-0.4, -0.2) is 0 Å². The minimum absolute atomic E-state index is 1.24. The van der Waals surface area contributed by atoms with Crippen LogP contribution in [0.4, 0.5) is 0 Å². The van der Waals surface area contributed by atoms with Gasteiger partial charge in [0.15, 0.2) is 0 Å². The lowest BCUT2D eigenvalue weighted by Gasteiger charge is -2.17. The first-order valence-corrected chi connectivity index (χ1v) is 11.1. The van der Waals surface area contributed by atoms with Crippen LogP contribution in [0.25, 0.3) is 53.9 Å². The lowest BCUT2D eigenvalue weighted by atomic mass is 9.88. The fraction of sp³-hybridized carbons (Fsp3) is 0.133. The van der Waals surface area contributed by atoms with Gasteiger partial charge in [0.25, 0.3) is 0 Å². The zero-order valence-electron chi connectivity index (χ0n) is 16.9. The minimum atomic E-state index is 1.24. The second-order valence-corrected chi connectivity index (χ2v) is 8.97. The summed E-state index contributed by atoms with van der Waals surface area (Å²) in [6, 6.07) is 32.4. The summed E-state index contributed by atoms with van der Waals surface area (Å²) in [7, 11) is 0. The molecule has 0 heteroatoms. The lowest BCUT2D eigenvalue weighted by molar-refractivity contribution is 0.687. The number of benzene rings is 6. The Bertz CT molecular complexity index is 1510. The van der Waals surface area contributed by atoms with Crippen molar-refractivity contribution in [2.24, 2.45) is 0 Å². The van der Waals surface area contributed by atoms with Crippen molar-refractivity contribution in [2.45, 2.75) is 25.7 Å². The molecule has 1 aliphatic rings. The quantitative estimate of drug-likeness (QED) is 0.232. The smallest absolute Gasteiger partial charge is 0.0171 e. The molecule has 0 bridgehead atoms. The standard InChI is InChI=1S/C30H22/c1-2-6-20-10-24-14-28-18-30-16-26-12-22-8-4-3-7-21(22)11-25(26)15-29(30)17-27(28)13-23(24)9-19(20)5-1/h1-2,5-6,9-18H,3-4,7-8H2. The molecular formula is C30H22. The summed E-state index contributed by atoms with van der Waals surface area (Å²) in [5, 5.41) is 13.3. The van der Waals surface area contributed by atoms with Crippen molar-refractivity contribution in [1.29, 1.82) is 0 Å². The van der Waals surface area contributed by atoms with Gasteiger partial charge in [-0.15, -0.1) is 0 Å². The van der Waals surface area contributed by atoms with Crippen LogP contribution in [0.3, 0.4) is 0 Å². The molecule has 0 fully saturated rings. The van der Waals surface area contributed by atoms with E-state index in [1.54, 1.807) is 11.1 Å². The van der Waals surface area contributed by atoms with E-state index in [0.717, 1.165) is 0 Å². The van der Waals surface area contributed by atoms with E-state index < -0.39 is 0 Å². The van der Waals surface area contributed by atoms with E-state index in [1.165, 1.54) is 79.5 Å². The first-order valence-electron chi connectivity index (χ1n) is 11.1. The summed E-state index contributed by atoms with van der Waals surface area (Å²) < 4.78 is 0. The van der Waals surface area contributed by atoms with Crippen LogP contribution in [-0.2, 0) is 12.8 Å². The molecule has 0 amide bonds. The second kappa shape index (κ2) is 6.06. The average Bonchev–Trinajstić information content (AvgIpc) is 2.77. The van der Waals surface area contributed by atoms with Gasteiger partial charge in [-0.2, -0.15) is 0 Å². The molecule has 0 N–H and O–H groups in total. The van der Waals surface area contributed by atoms with Gasteiger partial charge in [0.1, 0.15) is 0 Å². The van der Waals surface area contributed by atoms with Gasteiger partial charge >= 0.3 is 0 Å². The normalized spacial score (nSPS) is 14.1. The molecule has 0 aromatic heterocycles. The third kappa shape index (κ3) is 2.47. The minimum Gasteiger partial charge on any atom is -0.0616 e. The SMILES string of the molecule is c1ccc2cc3cc4cc5cc6cc7c(cc6cc5cc4cc3cc2c1)CCCC7. The van der Waals surface area contributed by atoms with Gasteiger partial charge in [-0.25, -0.2) is 0 Å². The van der Waals surface area contributed by atoms with Crippen molar-refractivity contribution in [1.82, 2.24) is 0 Å². The van der Waals surface area contributed by atoms with Crippen molar-refractivity contribution in [3.63, 3.8) is 0 Å². The summed E-state index contributed by atoms with van der Waals surface area (Å²) in [6.45, 7) is 0. The average molecular weight is 383 g/mol. The fourth-order valence-electron chi connectivity index (χ4n) is 5.44. The van der Waals surface area contributed by atoms with Crippen LogP contribution < -0.4 is 0 Å². The van der Waals surface area contributed by atoms with Crippen LogP contribution in [0, 0.1) is 0 Å². The fourth-order valence-corrected chi connectivity index (χ4v) is 5.44. The summed E-state index contributed by atoms with van der Waals surface area (Å²) in [5.74, 6) is 0. The second-order valence-electron chi connectivity index (χ2n) is 8.97. The highest BCUT2D eigenvalue weighted by Gasteiger charge is 2.11. The highest BCUT2D eigenvalue weighted by atomic mass is 14.2. The highest BCUT2D eigenvalue weighted by molar-refractivity contribution is 6.10. The molecule has 6 aromatic rings. The first-order chi connectivity index (χ1) is 14.8. The number of hydrogen-bond acceptors (Lipinski definition) is 0. The van der Waals surface area contributed by atoms with Crippen LogP contribution in [0.2, 0.25) is 0 Å². The molecule has 0 radical (unpaired) electrons. The number of rotatable bonds is 0. The van der Waals surface area contributed by atoms with Crippen LogP contribution in [0.5, 0.6) is 0 Å². The molecule has 0 heterocycles. The van der Waals surface area contributed by atoms with Gasteiger partial charge in [0.05, 0.1) is 0 Å². The van der Waals surface area contributed by atoms with Crippen LogP contribution >= 0.6 is 0 Å². The number of hydrogen-bond donors (Lipinski definition) is 0. The third-order valence-corrected chi connectivity index (χ3v) is 7.03. The maximum Gasteiger partial charge on any atom is -0.0171 e. The maximum atomic E-state index is 2.44. The molecule has 0 aliphatic heterocycles. The molecule has 0 saturated heterocycles. The van der Waals surface area contributed by atoms with Crippen LogP contribution in [0.15, 0.2) is 84.9 Å². The molecule has 1 aliphatic carbocycles. The predicted octanol–water partition coefficient (Wildman–Crippen LogP) is 8.33. The monoisotopic (exact) mass is 382 g/mol. The zero-order valence-corrected chi connectivity index (χ0v) is 16.9. The molecule has 7 rings (SSSR count). The van der Waals surface area contributed by atoms with Crippen molar-refractivity contribution in [3.8, 4) is 0 Å². The molecule has 30 heavy (non-hydrogen) atoms. The van der Waals surface area contributed by atoms with Crippen molar-refractivity contribution in [3.05, 3.63) is 96.1 Å². The zero-order chi connectivity index (χ0) is 19.7. The van der Waals surface area contributed by atoms with E-state index >= 15 is 0 Å². The summed E-state index contributed by atoms with van der Waals surface area (Å²) in [5.41, 5.74) is 3.12. The van der Waals surface area contributed by atoms with E-state index in [9.17, 15) is 0 Å². The summed E-state index contributed by atoms with van der Waals surface area (Å²) in [4.78, 5) is 0. The van der Waals surface area contributed by atoms with Gasteiger partial charge in [-0.05, 0) is 139 Å². The molecular weight excluding hydrogens is 360 g/mol. The molecule has 0 unspecified atom stereocenters. The van der Waals surface area contributed by atoms with Gasteiger partial charge in [0, 0.05) is 0 Å². The van der Waals surface area contributed by atoms with Gasteiger partial charge in [0.2, 0.25) is 0 Å². The van der Waals surface area contributed by atoms with Crippen molar-refractivity contribution in [2.75, 3.05) is 0 Å². The van der Waals surface area contributed by atoms with Crippen LogP contribution in [0.1, 0.15) is 24.0 Å². The van der Waals surface area contributed by atoms with E-state index in [4.69, 9.17) is 0 Å². The molecule has 0 atom stereocenters. The van der Waals surface area contributed by atoms with Crippen molar-refractivity contribution >= 4 is 53.9 Å². The summed E-state index contributed by atoms with van der Waals surface area (Å²) >= 11 is 0. The predicted molar refractivity (Wildman–Crippen MR) is 131 cm³/mol. The van der Waals surface area contributed by atoms with Gasteiger partial charge in [-0.1, -0.05) is 36.4 Å². The Morgan fingerprint density at radius 1 is 0.333 bits per heavy atom. The van der Waals surface area contributed by atoms with Crippen molar-refractivity contribution < 1.29 is 0 Å². The Morgan fingerprint density at radius 3 is 1.00 bits per heavy atom. The third-order valence-electron chi connectivity index (χ3n) is 7.03. The summed E-state index contributed by atoms with van der Waals surface area (Å²) in [6.07, 6.45) is 5.14. The number of fused-ring (bicyclic) bond motifs is 6. The number of aryl methyl sites for hydroxylation is 2. The molecule has 6 aromatic carbocycles. The topological polar surface area (TPSA) is 0 Å². The highest BCUT2D eigenvalue weighted by Crippen LogP contribution is 2.33.